The maximum absolute atomic E-state index is 13.0. The lowest BCUT2D eigenvalue weighted by atomic mass is 10.0. The Hall–Kier alpha value is -1.94. The Kier molecular flexibility index (Phi) is 64.9. The number of aliphatic hydroxyl groups excluding tert-OH is 1. The quantitative estimate of drug-likeness (QED) is 0.0222. The van der Waals surface area contributed by atoms with E-state index in [4.69, 9.17) is 37.0 Å². The normalized spacial score (nSPS) is 14.0. The number of carbonyl (C=O) groups is 4. The highest BCUT2D eigenvalue weighted by atomic mass is 31.2. The zero-order valence-corrected chi connectivity index (χ0v) is 61.5. The fourth-order valence-corrected chi connectivity index (χ4v) is 12.8. The molecule has 0 saturated carbocycles. The summed E-state index contributed by atoms with van der Waals surface area (Å²) in [7, 11) is -9.90. The van der Waals surface area contributed by atoms with Gasteiger partial charge >= 0.3 is 39.5 Å². The van der Waals surface area contributed by atoms with Crippen molar-refractivity contribution in [2.45, 2.75) is 400 Å². The predicted octanol–water partition coefficient (Wildman–Crippen LogP) is 21.3. The van der Waals surface area contributed by atoms with Crippen molar-refractivity contribution < 1.29 is 80.2 Å². The molecule has 19 heteroatoms. The van der Waals surface area contributed by atoms with Crippen LogP contribution in [0.2, 0.25) is 0 Å². The minimum atomic E-state index is -4.95. The molecule has 0 aliphatic carbocycles. The smallest absolute Gasteiger partial charge is 0.462 e. The number of esters is 4. The average Bonchev–Trinajstić information content (AvgIpc) is 3.71. The van der Waals surface area contributed by atoms with Crippen molar-refractivity contribution >= 4 is 39.5 Å². The van der Waals surface area contributed by atoms with E-state index in [1.54, 1.807) is 0 Å². The summed E-state index contributed by atoms with van der Waals surface area (Å²) in [5.41, 5.74) is 0. The molecule has 0 spiro atoms. The first kappa shape index (κ1) is 90.1. The Morgan fingerprint density at radius 2 is 0.500 bits per heavy atom. The van der Waals surface area contributed by atoms with Gasteiger partial charge in [-0.3, -0.25) is 37.3 Å². The van der Waals surface area contributed by atoms with Crippen molar-refractivity contribution in [2.75, 3.05) is 39.6 Å². The number of hydrogen-bond acceptors (Lipinski definition) is 15. The third-order valence-corrected chi connectivity index (χ3v) is 18.9. The highest BCUT2D eigenvalue weighted by Crippen LogP contribution is 2.45. The van der Waals surface area contributed by atoms with Crippen molar-refractivity contribution in [2.24, 2.45) is 5.92 Å². The van der Waals surface area contributed by atoms with Gasteiger partial charge in [0.15, 0.2) is 12.2 Å². The molecule has 0 heterocycles. The fraction of sp³-hybridized carbons (Fsp3) is 0.945. The zero-order chi connectivity index (χ0) is 67.7. The van der Waals surface area contributed by atoms with E-state index >= 15 is 0 Å². The third kappa shape index (κ3) is 66.7. The van der Waals surface area contributed by atoms with E-state index in [1.165, 1.54) is 199 Å². The van der Waals surface area contributed by atoms with Crippen molar-refractivity contribution in [3.05, 3.63) is 0 Å². The Morgan fingerprint density at radius 1 is 0.293 bits per heavy atom. The molecular formula is C73H142O17P2. The van der Waals surface area contributed by atoms with Crippen LogP contribution in [0.1, 0.15) is 381 Å². The monoisotopic (exact) mass is 1350 g/mol. The molecule has 5 atom stereocenters. The standard InChI is InChI=1S/C73H142O17P2/c1-6-9-12-15-18-21-23-24-25-26-27-28-29-30-31-33-39-44-49-54-59-73(78)90-69(63-84-71(76)57-52-47-42-37-35-34-36-40-45-50-55-66(4)5)65-88-92(81,82)86-61-67(74)60-85-91(79,80)87-64-68(62-83-70(75)56-51-46-41-20-17-14-11-8-3)89-72(77)58-53-48-43-38-32-22-19-16-13-10-7-2/h66-69,74H,6-65H2,1-5H3,(H,79,80)(H,81,82)/t67-,68+,69+/m0/s1. The first-order chi connectivity index (χ1) is 44.5. The van der Waals surface area contributed by atoms with Crippen molar-refractivity contribution in [3.63, 3.8) is 0 Å². The van der Waals surface area contributed by atoms with Crippen LogP contribution >= 0.6 is 15.6 Å². The molecular weight excluding hydrogens is 1210 g/mol. The van der Waals surface area contributed by atoms with Crippen molar-refractivity contribution in [1.82, 2.24) is 0 Å². The van der Waals surface area contributed by atoms with Crippen LogP contribution in [0.4, 0.5) is 0 Å². The molecule has 0 amide bonds. The maximum atomic E-state index is 13.0. The van der Waals surface area contributed by atoms with E-state index in [0.29, 0.717) is 25.7 Å². The average molecular weight is 1350 g/mol. The maximum Gasteiger partial charge on any atom is 0.472 e. The molecule has 17 nitrogen and oxygen atoms in total. The van der Waals surface area contributed by atoms with Gasteiger partial charge in [0.25, 0.3) is 0 Å². The lowest BCUT2D eigenvalue weighted by Crippen LogP contribution is -2.30. The SMILES string of the molecule is CCCCCCCCCCCCCCCCCCCCCCC(=O)O[C@H](COC(=O)CCCCCCCCCCCCC(C)C)COP(=O)(O)OC[C@@H](O)COP(=O)(O)OC[C@@H](COC(=O)CCCCCCCCCC)OC(=O)CCCCCCCCCCCCC. The summed E-state index contributed by atoms with van der Waals surface area (Å²) in [5.74, 6) is -1.36. The van der Waals surface area contributed by atoms with Crippen LogP contribution in [0, 0.1) is 5.92 Å². The first-order valence-corrected chi connectivity index (χ1v) is 41.1. The van der Waals surface area contributed by atoms with Gasteiger partial charge in [0.2, 0.25) is 0 Å². The van der Waals surface area contributed by atoms with E-state index in [-0.39, 0.29) is 25.7 Å². The van der Waals surface area contributed by atoms with E-state index in [0.717, 1.165) is 102 Å². The first-order valence-electron chi connectivity index (χ1n) is 38.1. The molecule has 0 aliphatic heterocycles. The van der Waals surface area contributed by atoms with Gasteiger partial charge in [-0.1, -0.05) is 330 Å². The molecule has 3 N–H and O–H groups in total. The van der Waals surface area contributed by atoms with Gasteiger partial charge in [-0.15, -0.1) is 0 Å². The molecule has 0 saturated heterocycles. The highest BCUT2D eigenvalue weighted by molar-refractivity contribution is 7.47. The number of aliphatic hydroxyl groups is 1. The number of carbonyl (C=O) groups excluding carboxylic acids is 4. The summed E-state index contributed by atoms with van der Waals surface area (Å²) in [5, 5.41) is 10.6. The molecule has 0 aromatic heterocycles. The van der Waals surface area contributed by atoms with Crippen LogP contribution in [0.3, 0.4) is 0 Å². The molecule has 0 rings (SSSR count). The summed E-state index contributed by atoms with van der Waals surface area (Å²) in [6.45, 7) is 7.23. The van der Waals surface area contributed by atoms with E-state index in [9.17, 15) is 43.2 Å². The number of rotatable bonds is 73. The van der Waals surface area contributed by atoms with E-state index < -0.39 is 97.5 Å². The van der Waals surface area contributed by atoms with Crippen molar-refractivity contribution in [1.29, 1.82) is 0 Å². The Balaban J connectivity index is 5.18. The summed E-state index contributed by atoms with van der Waals surface area (Å²) in [6.07, 6.45) is 54.2. The van der Waals surface area contributed by atoms with Gasteiger partial charge in [-0.2, -0.15) is 0 Å². The molecule has 0 fully saturated rings. The van der Waals surface area contributed by atoms with Gasteiger partial charge < -0.3 is 33.8 Å². The van der Waals surface area contributed by atoms with Crippen LogP contribution in [0.15, 0.2) is 0 Å². The molecule has 0 aromatic rings. The number of phosphoric acid groups is 2. The van der Waals surface area contributed by atoms with E-state index in [2.05, 4.69) is 34.6 Å². The molecule has 0 aromatic carbocycles. The minimum Gasteiger partial charge on any atom is -0.462 e. The highest BCUT2D eigenvalue weighted by Gasteiger charge is 2.30. The molecule has 2 unspecified atom stereocenters. The summed E-state index contributed by atoms with van der Waals surface area (Å²) in [6, 6.07) is 0. The second kappa shape index (κ2) is 66.3. The topological polar surface area (TPSA) is 237 Å². The second-order valence-corrected chi connectivity index (χ2v) is 29.7. The Morgan fingerprint density at radius 3 is 0.739 bits per heavy atom. The number of ether oxygens (including phenoxy) is 4. The Bertz CT molecular complexity index is 1770. The number of hydrogen-bond donors (Lipinski definition) is 3. The van der Waals surface area contributed by atoms with Gasteiger partial charge in [0.1, 0.15) is 19.3 Å². The Labute approximate surface area is 562 Å². The lowest BCUT2D eigenvalue weighted by Gasteiger charge is -2.21. The van der Waals surface area contributed by atoms with Crippen LogP contribution in [0.25, 0.3) is 0 Å². The zero-order valence-electron chi connectivity index (χ0n) is 59.7. The van der Waals surface area contributed by atoms with Gasteiger partial charge in [-0.05, 0) is 31.6 Å². The second-order valence-electron chi connectivity index (χ2n) is 26.8. The summed E-state index contributed by atoms with van der Waals surface area (Å²) < 4.78 is 68.3. The largest absolute Gasteiger partial charge is 0.472 e. The number of phosphoric ester groups is 2. The summed E-state index contributed by atoms with van der Waals surface area (Å²) >= 11 is 0. The van der Waals surface area contributed by atoms with Crippen LogP contribution in [0.5, 0.6) is 0 Å². The molecule has 0 aliphatic rings. The molecule has 0 radical (unpaired) electrons. The van der Waals surface area contributed by atoms with E-state index in [1.807, 2.05) is 0 Å². The lowest BCUT2D eigenvalue weighted by molar-refractivity contribution is -0.161. The fourth-order valence-electron chi connectivity index (χ4n) is 11.2. The van der Waals surface area contributed by atoms with Gasteiger partial charge in [0, 0.05) is 25.7 Å². The van der Waals surface area contributed by atoms with Crippen LogP contribution in [-0.2, 0) is 65.4 Å². The van der Waals surface area contributed by atoms with Crippen molar-refractivity contribution in [3.8, 4) is 0 Å². The van der Waals surface area contributed by atoms with Gasteiger partial charge in [0.05, 0.1) is 26.4 Å². The molecule has 92 heavy (non-hydrogen) atoms. The third-order valence-electron chi connectivity index (χ3n) is 17.0. The predicted molar refractivity (Wildman–Crippen MR) is 372 cm³/mol. The molecule has 0 bridgehead atoms. The summed E-state index contributed by atoms with van der Waals surface area (Å²) in [4.78, 5) is 72.5. The van der Waals surface area contributed by atoms with Crippen LogP contribution < -0.4 is 0 Å². The van der Waals surface area contributed by atoms with Gasteiger partial charge in [-0.25, -0.2) is 9.13 Å². The number of unbranched alkanes of at least 4 members (excludes halogenated alkanes) is 45. The van der Waals surface area contributed by atoms with Crippen LogP contribution in [-0.4, -0.2) is 96.7 Å². The minimum absolute atomic E-state index is 0.107. The molecule has 546 valence electrons.